The second-order valence-corrected chi connectivity index (χ2v) is 7.37. The maximum Gasteiger partial charge on any atom is 0.471 e. The zero-order chi connectivity index (χ0) is 16.9. The topological polar surface area (TPSA) is 38.8 Å². The molecule has 126 valence electrons. The second-order valence-electron chi connectivity index (χ2n) is 7.37. The lowest BCUT2D eigenvalue weighted by Crippen LogP contribution is -2.41. The first-order valence-corrected chi connectivity index (χ1v) is 7.55. The van der Waals surface area contributed by atoms with Crippen molar-refractivity contribution in [3.05, 3.63) is 0 Å². The number of rotatable bonds is 2. The summed E-state index contributed by atoms with van der Waals surface area (Å²) in [6.45, 7) is 9.83. The minimum absolute atomic E-state index is 0.00896. The molecule has 0 bridgehead atoms. The molecule has 2 aliphatic rings. The number of likely N-dealkylation sites (tertiary alicyclic amines) is 1. The van der Waals surface area contributed by atoms with E-state index in [-0.39, 0.29) is 24.9 Å². The van der Waals surface area contributed by atoms with Crippen LogP contribution in [0.1, 0.15) is 34.6 Å². The summed E-state index contributed by atoms with van der Waals surface area (Å²) in [5.74, 6) is -1.82. The van der Waals surface area contributed by atoms with Gasteiger partial charge >= 0.3 is 19.2 Å². The number of carbonyl (C=O) groups excluding carboxylic acids is 1. The van der Waals surface area contributed by atoms with Crippen molar-refractivity contribution >= 4 is 13.0 Å². The van der Waals surface area contributed by atoms with Gasteiger partial charge in [0.05, 0.1) is 11.2 Å². The highest BCUT2D eigenvalue weighted by molar-refractivity contribution is 6.45. The number of amides is 1. The summed E-state index contributed by atoms with van der Waals surface area (Å²) >= 11 is 0. The Morgan fingerprint density at radius 1 is 1.18 bits per heavy atom. The van der Waals surface area contributed by atoms with Gasteiger partial charge in [-0.05, 0) is 45.9 Å². The van der Waals surface area contributed by atoms with Gasteiger partial charge in [0.1, 0.15) is 0 Å². The smallest absolute Gasteiger partial charge is 0.403 e. The van der Waals surface area contributed by atoms with Gasteiger partial charge in [0.2, 0.25) is 0 Å². The number of carbonyl (C=O) groups is 1. The van der Waals surface area contributed by atoms with E-state index in [0.29, 0.717) is 6.32 Å². The van der Waals surface area contributed by atoms with E-state index in [4.69, 9.17) is 9.31 Å². The Bertz CT molecular complexity index is 437. The van der Waals surface area contributed by atoms with Crippen LogP contribution in [0.5, 0.6) is 0 Å². The molecular weight excluding hydrogens is 298 g/mol. The third-order valence-corrected chi connectivity index (χ3v) is 5.09. The monoisotopic (exact) mass is 321 g/mol. The molecule has 0 aromatic rings. The fourth-order valence-electron chi connectivity index (χ4n) is 2.99. The van der Waals surface area contributed by atoms with Gasteiger partial charge < -0.3 is 14.2 Å². The Kier molecular flexibility index (Phi) is 4.32. The molecular formula is C14H23BF3NO3. The predicted molar refractivity (Wildman–Crippen MR) is 76.2 cm³/mol. The van der Waals surface area contributed by atoms with Crippen molar-refractivity contribution in [2.45, 2.75) is 58.3 Å². The first-order chi connectivity index (χ1) is 9.83. The Hall–Kier alpha value is -0.755. The molecule has 0 aliphatic carbocycles. The van der Waals surface area contributed by atoms with Gasteiger partial charge in [0.25, 0.3) is 0 Å². The maximum absolute atomic E-state index is 12.5. The number of hydrogen-bond acceptors (Lipinski definition) is 3. The van der Waals surface area contributed by atoms with E-state index in [1.807, 2.05) is 34.6 Å². The number of alkyl halides is 3. The number of halogens is 3. The van der Waals surface area contributed by atoms with Crippen LogP contribution in [0.15, 0.2) is 0 Å². The van der Waals surface area contributed by atoms with Gasteiger partial charge in [-0.3, -0.25) is 4.79 Å². The molecule has 0 N–H and O–H groups in total. The van der Waals surface area contributed by atoms with E-state index in [0.717, 1.165) is 4.90 Å². The summed E-state index contributed by atoms with van der Waals surface area (Å²) in [4.78, 5) is 12.2. The molecule has 4 nitrogen and oxygen atoms in total. The zero-order valence-electron chi connectivity index (χ0n) is 13.7. The van der Waals surface area contributed by atoms with Crippen LogP contribution >= 0.6 is 0 Å². The van der Waals surface area contributed by atoms with E-state index in [9.17, 15) is 18.0 Å². The van der Waals surface area contributed by atoms with Crippen molar-refractivity contribution in [1.82, 2.24) is 4.90 Å². The van der Waals surface area contributed by atoms with Crippen LogP contribution in [0.4, 0.5) is 13.2 Å². The molecule has 1 amide bonds. The normalized spacial score (nSPS) is 30.9. The van der Waals surface area contributed by atoms with Crippen LogP contribution in [0, 0.1) is 11.8 Å². The molecule has 0 saturated carbocycles. The van der Waals surface area contributed by atoms with Crippen LogP contribution in [-0.2, 0) is 14.1 Å². The molecule has 0 spiro atoms. The lowest BCUT2D eigenvalue weighted by Gasteiger charge is -2.32. The first kappa shape index (κ1) is 17.6. The molecule has 2 aliphatic heterocycles. The molecule has 0 aromatic heterocycles. The summed E-state index contributed by atoms with van der Waals surface area (Å²) in [6, 6.07) is 0. The molecule has 8 heteroatoms. The van der Waals surface area contributed by atoms with Gasteiger partial charge in [-0.1, -0.05) is 6.92 Å². The van der Waals surface area contributed by atoms with E-state index >= 15 is 0 Å². The minimum atomic E-state index is -4.81. The van der Waals surface area contributed by atoms with E-state index < -0.39 is 30.4 Å². The first-order valence-electron chi connectivity index (χ1n) is 7.55. The molecule has 2 heterocycles. The van der Waals surface area contributed by atoms with Crippen LogP contribution in [0.25, 0.3) is 0 Å². The summed E-state index contributed by atoms with van der Waals surface area (Å²) in [6.07, 6.45) is -4.31. The Morgan fingerprint density at radius 2 is 1.68 bits per heavy atom. The predicted octanol–water partition coefficient (Wildman–Crippen LogP) is 2.74. The number of nitrogens with zero attached hydrogens (tertiary/aromatic N) is 1. The molecule has 2 fully saturated rings. The molecule has 2 rings (SSSR count). The van der Waals surface area contributed by atoms with Crippen LogP contribution in [0.2, 0.25) is 6.32 Å². The third kappa shape index (κ3) is 3.27. The second kappa shape index (κ2) is 5.41. The molecule has 0 aromatic carbocycles. The average Bonchev–Trinajstić information content (AvgIpc) is 2.75. The Labute approximate surface area is 129 Å². The SMILES string of the molecule is C[C@H]1CN(C(=O)C(F)(F)F)C[C@@H]1CB1OC(C)(C)C(C)(C)O1. The van der Waals surface area contributed by atoms with E-state index in [1.165, 1.54) is 0 Å². The maximum atomic E-state index is 12.5. The zero-order valence-corrected chi connectivity index (χ0v) is 13.7. The lowest BCUT2D eigenvalue weighted by atomic mass is 9.74. The highest BCUT2D eigenvalue weighted by atomic mass is 19.4. The van der Waals surface area contributed by atoms with Crippen molar-refractivity contribution < 1.29 is 27.3 Å². The van der Waals surface area contributed by atoms with Crippen LogP contribution < -0.4 is 0 Å². The summed E-state index contributed by atoms with van der Waals surface area (Å²) in [5, 5.41) is 0. The van der Waals surface area contributed by atoms with Crippen molar-refractivity contribution in [2.24, 2.45) is 11.8 Å². The van der Waals surface area contributed by atoms with E-state index in [2.05, 4.69) is 0 Å². The quantitative estimate of drug-likeness (QED) is 0.734. The average molecular weight is 321 g/mol. The summed E-state index contributed by atoms with van der Waals surface area (Å²) in [7, 11) is -0.446. The summed E-state index contributed by atoms with van der Waals surface area (Å²) in [5.41, 5.74) is -0.915. The molecule has 0 unspecified atom stereocenters. The van der Waals surface area contributed by atoms with E-state index in [1.54, 1.807) is 0 Å². The highest BCUT2D eigenvalue weighted by Gasteiger charge is 2.53. The lowest BCUT2D eigenvalue weighted by molar-refractivity contribution is -0.184. The van der Waals surface area contributed by atoms with Gasteiger partial charge in [0.15, 0.2) is 0 Å². The van der Waals surface area contributed by atoms with Crippen LogP contribution in [-0.4, -0.2) is 48.4 Å². The van der Waals surface area contributed by atoms with Gasteiger partial charge in [-0.15, -0.1) is 0 Å². The molecule has 2 saturated heterocycles. The van der Waals surface area contributed by atoms with Gasteiger partial charge in [-0.25, -0.2) is 0 Å². The molecule has 2 atom stereocenters. The van der Waals surface area contributed by atoms with Crippen molar-refractivity contribution in [3.63, 3.8) is 0 Å². The summed E-state index contributed by atoms with van der Waals surface area (Å²) < 4.78 is 49.3. The van der Waals surface area contributed by atoms with Crippen molar-refractivity contribution in [3.8, 4) is 0 Å². The third-order valence-electron chi connectivity index (χ3n) is 5.09. The molecule has 22 heavy (non-hydrogen) atoms. The fraction of sp³-hybridized carbons (Fsp3) is 0.929. The highest BCUT2D eigenvalue weighted by Crippen LogP contribution is 2.40. The minimum Gasteiger partial charge on any atom is -0.403 e. The van der Waals surface area contributed by atoms with Gasteiger partial charge in [0, 0.05) is 13.1 Å². The van der Waals surface area contributed by atoms with Gasteiger partial charge in [-0.2, -0.15) is 13.2 Å². The molecule has 0 radical (unpaired) electrons. The fourth-order valence-corrected chi connectivity index (χ4v) is 2.99. The largest absolute Gasteiger partial charge is 0.471 e. The number of hydrogen-bond donors (Lipinski definition) is 0. The van der Waals surface area contributed by atoms with Crippen molar-refractivity contribution in [2.75, 3.05) is 13.1 Å². The van der Waals surface area contributed by atoms with Crippen molar-refractivity contribution in [1.29, 1.82) is 0 Å². The van der Waals surface area contributed by atoms with Crippen LogP contribution in [0.3, 0.4) is 0 Å². The Morgan fingerprint density at radius 3 is 2.14 bits per heavy atom. The standard InChI is InChI=1S/C14H23BF3NO3/c1-9-7-19(11(20)14(16,17)18)8-10(9)6-15-21-12(2,3)13(4,5)22-15/h9-10H,6-8H2,1-5H3/t9-,10-/m0/s1. The Balaban J connectivity index is 1.97.